The number of aryl methyl sites for hydroxylation is 3. The zero-order chi connectivity index (χ0) is 19.6. The Morgan fingerprint density at radius 3 is 1.85 bits per heavy atom. The van der Waals surface area contributed by atoms with Gasteiger partial charge in [0, 0.05) is 5.41 Å². The highest BCUT2D eigenvalue weighted by Crippen LogP contribution is 2.49. The van der Waals surface area contributed by atoms with Gasteiger partial charge < -0.3 is 0 Å². The van der Waals surface area contributed by atoms with Crippen LogP contribution in [0.15, 0.2) is 42.5 Å². The van der Waals surface area contributed by atoms with Gasteiger partial charge in [-0.2, -0.15) is 0 Å². The number of benzene rings is 3. The molecule has 3 aromatic carbocycles. The van der Waals surface area contributed by atoms with Crippen LogP contribution in [0.3, 0.4) is 0 Å². The third-order valence-corrected chi connectivity index (χ3v) is 5.29. The third-order valence-electron chi connectivity index (χ3n) is 5.29. The van der Waals surface area contributed by atoms with Crippen molar-refractivity contribution in [2.45, 2.75) is 67.7 Å². The van der Waals surface area contributed by atoms with Crippen molar-refractivity contribution < 1.29 is 0 Å². The minimum absolute atomic E-state index is 0.0480. The Balaban J connectivity index is 0.000000570. The predicted octanol–water partition coefficient (Wildman–Crippen LogP) is 8.12. The molecule has 26 heavy (non-hydrogen) atoms. The fourth-order valence-corrected chi connectivity index (χ4v) is 4.04. The minimum atomic E-state index is 0.0480. The highest BCUT2D eigenvalue weighted by Gasteiger charge is 2.33. The zero-order valence-corrected chi connectivity index (χ0v) is 18.0. The summed E-state index contributed by atoms with van der Waals surface area (Å²) >= 11 is 0. The summed E-state index contributed by atoms with van der Waals surface area (Å²) in [4.78, 5) is 0. The Kier molecular flexibility index (Phi) is 5.96. The van der Waals surface area contributed by atoms with Crippen molar-refractivity contribution in [2.75, 3.05) is 0 Å². The van der Waals surface area contributed by atoms with Crippen LogP contribution in [0.1, 0.15) is 69.4 Å². The SMILES string of the molecule is CC.CC.Cc1ccc2c(c1)C(C)(C)c1cc(C)cc3c(C)ccc-2c13. The van der Waals surface area contributed by atoms with Gasteiger partial charge in [-0.25, -0.2) is 0 Å². The lowest BCUT2D eigenvalue weighted by molar-refractivity contribution is 0.644. The fraction of sp³-hybridized carbons (Fsp3) is 0.385. The molecule has 0 unspecified atom stereocenters. The third kappa shape index (κ3) is 3.07. The van der Waals surface area contributed by atoms with Gasteiger partial charge in [0.05, 0.1) is 0 Å². The van der Waals surface area contributed by atoms with Gasteiger partial charge in [0.15, 0.2) is 0 Å². The first-order valence-electron chi connectivity index (χ1n) is 10.1. The van der Waals surface area contributed by atoms with E-state index in [4.69, 9.17) is 0 Å². The first-order valence-corrected chi connectivity index (χ1v) is 10.1. The van der Waals surface area contributed by atoms with Crippen LogP contribution < -0.4 is 0 Å². The van der Waals surface area contributed by atoms with Gasteiger partial charge in [-0.3, -0.25) is 0 Å². The molecule has 3 aromatic rings. The van der Waals surface area contributed by atoms with Gasteiger partial charge in [0.25, 0.3) is 0 Å². The monoisotopic (exact) mass is 346 g/mol. The number of rotatable bonds is 0. The number of hydrogen-bond donors (Lipinski definition) is 0. The summed E-state index contributed by atoms with van der Waals surface area (Å²) in [7, 11) is 0. The summed E-state index contributed by atoms with van der Waals surface area (Å²) in [5.41, 5.74) is 9.83. The molecular weight excluding hydrogens is 312 g/mol. The number of fused-ring (bicyclic) bond motifs is 2. The predicted molar refractivity (Wildman–Crippen MR) is 118 cm³/mol. The highest BCUT2D eigenvalue weighted by atomic mass is 14.4. The first-order chi connectivity index (χ1) is 12.4. The molecule has 0 heterocycles. The van der Waals surface area contributed by atoms with Gasteiger partial charge in [-0.1, -0.05) is 95.1 Å². The van der Waals surface area contributed by atoms with Crippen LogP contribution in [0.25, 0.3) is 21.9 Å². The Labute approximate surface area is 160 Å². The van der Waals surface area contributed by atoms with E-state index in [1.54, 1.807) is 0 Å². The maximum absolute atomic E-state index is 2.39. The van der Waals surface area contributed by atoms with Gasteiger partial charge in [0.2, 0.25) is 0 Å². The van der Waals surface area contributed by atoms with Crippen molar-refractivity contribution in [3.63, 3.8) is 0 Å². The topological polar surface area (TPSA) is 0 Å². The van der Waals surface area contributed by atoms with Crippen molar-refractivity contribution >= 4 is 10.8 Å². The standard InChI is InChI=1S/C22H22.2C2H6/c1-13-6-8-16-17-9-7-15(3)18-10-14(2)12-20(21(17)18)22(4,5)19(16)11-13;2*1-2/h6-12H,1-5H3;2*1-2H3. The molecule has 0 fully saturated rings. The maximum Gasteiger partial charge on any atom is 0.0159 e. The molecule has 0 saturated carbocycles. The van der Waals surface area contributed by atoms with E-state index in [9.17, 15) is 0 Å². The van der Waals surface area contributed by atoms with Crippen LogP contribution in [-0.2, 0) is 5.41 Å². The van der Waals surface area contributed by atoms with Gasteiger partial charge in [-0.15, -0.1) is 0 Å². The molecule has 0 amide bonds. The Bertz CT molecular complexity index is 926. The lowest BCUT2D eigenvalue weighted by atomic mass is 9.67. The molecule has 4 rings (SSSR count). The van der Waals surface area contributed by atoms with Gasteiger partial charge >= 0.3 is 0 Å². The summed E-state index contributed by atoms with van der Waals surface area (Å²) in [6.45, 7) is 19.4. The summed E-state index contributed by atoms with van der Waals surface area (Å²) < 4.78 is 0. The number of hydrogen-bond acceptors (Lipinski definition) is 0. The zero-order valence-electron chi connectivity index (χ0n) is 18.0. The normalized spacial score (nSPS) is 13.1. The lowest BCUT2D eigenvalue weighted by Crippen LogP contribution is -2.24. The second-order valence-corrected chi connectivity index (χ2v) is 7.34. The van der Waals surface area contributed by atoms with E-state index in [0.717, 1.165) is 0 Å². The second kappa shape index (κ2) is 7.66. The van der Waals surface area contributed by atoms with Crippen molar-refractivity contribution in [3.05, 3.63) is 70.3 Å². The molecule has 0 aromatic heterocycles. The van der Waals surface area contributed by atoms with E-state index in [2.05, 4.69) is 77.1 Å². The Morgan fingerprint density at radius 2 is 1.19 bits per heavy atom. The molecule has 1 aliphatic carbocycles. The van der Waals surface area contributed by atoms with E-state index >= 15 is 0 Å². The van der Waals surface area contributed by atoms with Gasteiger partial charge in [-0.05, 0) is 59.4 Å². The average molecular weight is 347 g/mol. The molecule has 0 radical (unpaired) electrons. The smallest absolute Gasteiger partial charge is 0.0159 e. The van der Waals surface area contributed by atoms with E-state index in [1.165, 1.54) is 49.7 Å². The highest BCUT2D eigenvalue weighted by molar-refractivity contribution is 6.04. The molecule has 0 nitrogen and oxygen atoms in total. The maximum atomic E-state index is 2.39. The first kappa shape index (κ1) is 20.2. The Hall–Kier alpha value is -2.08. The summed E-state index contributed by atoms with van der Waals surface area (Å²) in [5, 5.41) is 2.86. The van der Waals surface area contributed by atoms with E-state index in [1.807, 2.05) is 27.7 Å². The van der Waals surface area contributed by atoms with Crippen LogP contribution >= 0.6 is 0 Å². The largest absolute Gasteiger partial charge is 0.0683 e. The van der Waals surface area contributed by atoms with Crippen LogP contribution in [0, 0.1) is 20.8 Å². The molecular formula is C26H34. The van der Waals surface area contributed by atoms with Crippen molar-refractivity contribution in [1.29, 1.82) is 0 Å². The fourth-order valence-electron chi connectivity index (χ4n) is 4.04. The van der Waals surface area contributed by atoms with Crippen molar-refractivity contribution in [1.82, 2.24) is 0 Å². The molecule has 138 valence electrons. The Morgan fingerprint density at radius 1 is 0.615 bits per heavy atom. The van der Waals surface area contributed by atoms with E-state index in [-0.39, 0.29) is 5.41 Å². The quantitative estimate of drug-likeness (QED) is 0.385. The minimum Gasteiger partial charge on any atom is -0.0683 e. The second-order valence-electron chi connectivity index (χ2n) is 7.34. The van der Waals surface area contributed by atoms with E-state index < -0.39 is 0 Å². The molecule has 0 atom stereocenters. The van der Waals surface area contributed by atoms with Crippen LogP contribution in [0.5, 0.6) is 0 Å². The molecule has 0 saturated heterocycles. The van der Waals surface area contributed by atoms with Crippen LogP contribution in [-0.4, -0.2) is 0 Å². The molecule has 0 N–H and O–H groups in total. The lowest BCUT2D eigenvalue weighted by Gasteiger charge is -2.36. The summed E-state index contributed by atoms with van der Waals surface area (Å²) in [6.07, 6.45) is 0. The van der Waals surface area contributed by atoms with Crippen molar-refractivity contribution in [3.8, 4) is 11.1 Å². The van der Waals surface area contributed by atoms with Crippen LogP contribution in [0.4, 0.5) is 0 Å². The molecule has 0 heteroatoms. The molecule has 0 bridgehead atoms. The summed E-state index contributed by atoms with van der Waals surface area (Å²) in [5.74, 6) is 0. The molecule has 0 spiro atoms. The van der Waals surface area contributed by atoms with Crippen LogP contribution in [0.2, 0.25) is 0 Å². The van der Waals surface area contributed by atoms with Gasteiger partial charge in [0.1, 0.15) is 0 Å². The average Bonchev–Trinajstić information content (AvgIpc) is 2.65. The van der Waals surface area contributed by atoms with Crippen molar-refractivity contribution in [2.24, 2.45) is 0 Å². The molecule has 0 aliphatic heterocycles. The summed E-state index contributed by atoms with van der Waals surface area (Å²) in [6, 6.07) is 16.2. The molecule has 1 aliphatic rings. The van der Waals surface area contributed by atoms with E-state index in [0.29, 0.717) is 0 Å².